The van der Waals surface area contributed by atoms with Crippen LogP contribution in [0.1, 0.15) is 25.3 Å². The van der Waals surface area contributed by atoms with Crippen LogP contribution in [0.2, 0.25) is 0 Å². The van der Waals surface area contributed by atoms with Gasteiger partial charge in [0.25, 0.3) is 0 Å². The molecule has 0 aliphatic rings. The van der Waals surface area contributed by atoms with Gasteiger partial charge in [0, 0.05) is 11.1 Å². The molecule has 0 saturated heterocycles. The second-order valence-electron chi connectivity index (χ2n) is 5.96. The molecular formula is C22H20F2. The van der Waals surface area contributed by atoms with Crippen LogP contribution in [-0.4, -0.2) is 0 Å². The minimum absolute atomic E-state index is 0.288. The number of halogens is 2. The van der Waals surface area contributed by atoms with E-state index in [0.717, 1.165) is 19.3 Å². The van der Waals surface area contributed by atoms with Crippen molar-refractivity contribution in [1.82, 2.24) is 0 Å². The summed E-state index contributed by atoms with van der Waals surface area (Å²) in [7, 11) is 0. The molecule has 3 aromatic carbocycles. The third kappa shape index (κ3) is 3.38. The highest BCUT2D eigenvalue weighted by molar-refractivity contribution is 5.71. The number of rotatable bonds is 5. The number of hydrogen-bond acceptors (Lipinski definition) is 0. The maximum absolute atomic E-state index is 14.6. The average molecular weight is 322 g/mol. The van der Waals surface area contributed by atoms with Gasteiger partial charge in [-0.05, 0) is 29.5 Å². The molecule has 0 amide bonds. The topological polar surface area (TPSA) is 0 Å². The quantitative estimate of drug-likeness (QED) is 0.494. The fourth-order valence-electron chi connectivity index (χ4n) is 2.84. The van der Waals surface area contributed by atoms with Crippen molar-refractivity contribution in [1.29, 1.82) is 0 Å². The molecule has 24 heavy (non-hydrogen) atoms. The minimum Gasteiger partial charge on any atom is -0.203 e. The molecule has 0 radical (unpaired) electrons. The van der Waals surface area contributed by atoms with E-state index in [2.05, 4.69) is 6.92 Å². The van der Waals surface area contributed by atoms with Crippen LogP contribution >= 0.6 is 0 Å². The van der Waals surface area contributed by atoms with E-state index in [4.69, 9.17) is 0 Å². The highest BCUT2D eigenvalue weighted by atomic mass is 19.2. The zero-order valence-electron chi connectivity index (χ0n) is 13.7. The molecule has 0 saturated carbocycles. The largest absolute Gasteiger partial charge is 0.203 e. The molecule has 0 heterocycles. The third-order valence-electron chi connectivity index (χ3n) is 4.25. The molecule has 122 valence electrons. The first-order valence-corrected chi connectivity index (χ1v) is 8.33. The van der Waals surface area contributed by atoms with Gasteiger partial charge in [0.2, 0.25) is 0 Å². The Morgan fingerprint density at radius 3 is 1.75 bits per heavy atom. The Kier molecular flexibility index (Phi) is 5.05. The lowest BCUT2D eigenvalue weighted by molar-refractivity contribution is 0.514. The summed E-state index contributed by atoms with van der Waals surface area (Å²) in [5.41, 5.74) is 3.19. The Labute approximate surface area is 141 Å². The summed E-state index contributed by atoms with van der Waals surface area (Å²) in [4.78, 5) is 0. The van der Waals surface area contributed by atoms with Crippen LogP contribution in [0, 0.1) is 11.6 Å². The average Bonchev–Trinajstić information content (AvgIpc) is 2.63. The predicted molar refractivity (Wildman–Crippen MR) is 95.8 cm³/mol. The lowest BCUT2D eigenvalue weighted by Crippen LogP contribution is -1.94. The monoisotopic (exact) mass is 322 g/mol. The van der Waals surface area contributed by atoms with Crippen molar-refractivity contribution in [2.75, 3.05) is 0 Å². The van der Waals surface area contributed by atoms with E-state index < -0.39 is 11.6 Å². The highest BCUT2D eigenvalue weighted by Crippen LogP contribution is 2.31. The summed E-state index contributed by atoms with van der Waals surface area (Å²) in [5.74, 6) is -1.59. The molecule has 0 fully saturated rings. The van der Waals surface area contributed by atoms with Gasteiger partial charge in [-0.15, -0.1) is 0 Å². The van der Waals surface area contributed by atoms with Crippen LogP contribution in [0.4, 0.5) is 8.78 Å². The summed E-state index contributed by atoms with van der Waals surface area (Å²) in [6.45, 7) is 2.15. The van der Waals surface area contributed by atoms with Crippen molar-refractivity contribution in [2.24, 2.45) is 0 Å². The molecule has 3 rings (SSSR count). The van der Waals surface area contributed by atoms with Gasteiger partial charge in [-0.3, -0.25) is 0 Å². The summed E-state index contributed by atoms with van der Waals surface area (Å²) < 4.78 is 29.1. The van der Waals surface area contributed by atoms with Crippen LogP contribution in [0.25, 0.3) is 22.3 Å². The van der Waals surface area contributed by atoms with Gasteiger partial charge in [-0.1, -0.05) is 80.1 Å². The van der Waals surface area contributed by atoms with Crippen LogP contribution in [-0.2, 0) is 6.42 Å². The molecular weight excluding hydrogens is 302 g/mol. The first-order chi connectivity index (χ1) is 11.7. The Bertz CT molecular complexity index is 805. The van der Waals surface area contributed by atoms with Crippen LogP contribution in [0.5, 0.6) is 0 Å². The first kappa shape index (κ1) is 16.4. The molecule has 0 aliphatic heterocycles. The highest BCUT2D eigenvalue weighted by Gasteiger charge is 2.15. The van der Waals surface area contributed by atoms with Crippen molar-refractivity contribution < 1.29 is 8.78 Å². The second-order valence-corrected chi connectivity index (χ2v) is 5.96. The van der Waals surface area contributed by atoms with E-state index in [1.807, 2.05) is 42.5 Å². The molecule has 0 N–H and O–H groups in total. The van der Waals surface area contributed by atoms with Gasteiger partial charge in [0.1, 0.15) is 0 Å². The number of aryl methyl sites for hydroxylation is 1. The van der Waals surface area contributed by atoms with E-state index in [9.17, 15) is 8.78 Å². The maximum atomic E-state index is 14.6. The van der Waals surface area contributed by atoms with Crippen molar-refractivity contribution in [3.05, 3.63) is 83.9 Å². The van der Waals surface area contributed by atoms with Gasteiger partial charge >= 0.3 is 0 Å². The Morgan fingerprint density at radius 2 is 1.21 bits per heavy atom. The van der Waals surface area contributed by atoms with Crippen molar-refractivity contribution in [3.63, 3.8) is 0 Å². The molecule has 0 atom stereocenters. The third-order valence-corrected chi connectivity index (χ3v) is 4.25. The lowest BCUT2D eigenvalue weighted by Gasteiger charge is -2.10. The summed E-state index contributed by atoms with van der Waals surface area (Å²) >= 11 is 0. The molecule has 2 heteroatoms. The van der Waals surface area contributed by atoms with Crippen molar-refractivity contribution >= 4 is 0 Å². The fraction of sp³-hybridized carbons (Fsp3) is 0.182. The summed E-state index contributed by atoms with van der Waals surface area (Å²) in [5, 5.41) is 0. The van der Waals surface area contributed by atoms with Crippen molar-refractivity contribution in [2.45, 2.75) is 26.2 Å². The maximum Gasteiger partial charge on any atom is 0.167 e. The molecule has 0 spiro atoms. The number of benzene rings is 3. The zero-order valence-corrected chi connectivity index (χ0v) is 13.7. The van der Waals surface area contributed by atoms with Gasteiger partial charge < -0.3 is 0 Å². The number of hydrogen-bond donors (Lipinski definition) is 0. The van der Waals surface area contributed by atoms with Gasteiger partial charge in [0.05, 0.1) is 0 Å². The molecule has 0 nitrogen and oxygen atoms in total. The van der Waals surface area contributed by atoms with E-state index in [-0.39, 0.29) is 5.56 Å². The van der Waals surface area contributed by atoms with Gasteiger partial charge in [-0.2, -0.15) is 0 Å². The standard InChI is InChI=1S/C22H20F2/c1-2-3-7-16-10-12-18(13-11-16)20-15-14-19(21(23)22(20)24)17-8-5-4-6-9-17/h4-6,8-15H,2-3,7H2,1H3. The molecule has 0 aliphatic carbocycles. The molecule has 0 bridgehead atoms. The SMILES string of the molecule is CCCCc1ccc(-c2ccc(-c3ccccc3)c(F)c2F)cc1. The van der Waals surface area contributed by atoms with E-state index in [0.29, 0.717) is 16.7 Å². The van der Waals surface area contributed by atoms with Gasteiger partial charge in [0.15, 0.2) is 11.6 Å². The summed E-state index contributed by atoms with van der Waals surface area (Å²) in [6, 6.07) is 20.1. The van der Waals surface area contributed by atoms with Crippen LogP contribution in [0.3, 0.4) is 0 Å². The van der Waals surface area contributed by atoms with Crippen LogP contribution < -0.4 is 0 Å². The van der Waals surface area contributed by atoms with E-state index in [1.54, 1.807) is 24.3 Å². The Morgan fingerprint density at radius 1 is 0.667 bits per heavy atom. The van der Waals surface area contributed by atoms with E-state index >= 15 is 0 Å². The van der Waals surface area contributed by atoms with E-state index in [1.165, 1.54) is 5.56 Å². The molecule has 0 unspecified atom stereocenters. The minimum atomic E-state index is -0.797. The normalized spacial score (nSPS) is 10.8. The Hall–Kier alpha value is -2.48. The first-order valence-electron chi connectivity index (χ1n) is 8.33. The van der Waals surface area contributed by atoms with Gasteiger partial charge in [-0.25, -0.2) is 8.78 Å². The number of unbranched alkanes of at least 4 members (excludes halogenated alkanes) is 1. The lowest BCUT2D eigenvalue weighted by atomic mass is 9.97. The predicted octanol–water partition coefficient (Wildman–Crippen LogP) is 6.64. The Balaban J connectivity index is 1.94. The smallest absolute Gasteiger partial charge is 0.167 e. The van der Waals surface area contributed by atoms with Crippen molar-refractivity contribution in [3.8, 4) is 22.3 Å². The van der Waals surface area contributed by atoms with Crippen LogP contribution in [0.15, 0.2) is 66.7 Å². The second kappa shape index (κ2) is 7.39. The summed E-state index contributed by atoms with van der Waals surface area (Å²) in [6.07, 6.45) is 3.29. The zero-order chi connectivity index (χ0) is 16.9. The molecule has 0 aromatic heterocycles. The fourth-order valence-corrected chi connectivity index (χ4v) is 2.84. The molecule has 3 aromatic rings.